The number of rotatable bonds is 4. The zero-order valence-corrected chi connectivity index (χ0v) is 12.4. The van der Waals surface area contributed by atoms with Crippen molar-refractivity contribution in [1.29, 1.82) is 0 Å². The van der Waals surface area contributed by atoms with Crippen LogP contribution < -0.4 is 5.73 Å². The summed E-state index contributed by atoms with van der Waals surface area (Å²) in [4.78, 5) is 24.0. The summed E-state index contributed by atoms with van der Waals surface area (Å²) in [6, 6.07) is 7.19. The molecule has 21 heavy (non-hydrogen) atoms. The lowest BCUT2D eigenvalue weighted by molar-refractivity contribution is -0.149. The van der Waals surface area contributed by atoms with Gasteiger partial charge in [0.05, 0.1) is 17.7 Å². The van der Waals surface area contributed by atoms with Crippen LogP contribution >= 0.6 is 0 Å². The Balaban J connectivity index is 2.31. The van der Waals surface area contributed by atoms with Gasteiger partial charge in [-0.05, 0) is 32.9 Å². The highest BCUT2D eigenvalue weighted by molar-refractivity contribution is 6.19. The molecule has 1 aliphatic rings. The lowest BCUT2D eigenvalue weighted by Crippen LogP contribution is -2.37. The quantitative estimate of drug-likeness (QED) is 0.670. The molecule has 0 aromatic heterocycles. The van der Waals surface area contributed by atoms with Crippen molar-refractivity contribution in [3.63, 3.8) is 0 Å². The summed E-state index contributed by atoms with van der Waals surface area (Å²) in [5.74, 6) is -0.702. The molecule has 0 saturated carbocycles. The topological polar surface area (TPSA) is 85.0 Å². The van der Waals surface area contributed by atoms with Crippen molar-refractivity contribution in [2.24, 2.45) is 10.5 Å². The molecular formula is C15H19N3O3. The van der Waals surface area contributed by atoms with Crippen LogP contribution in [0.3, 0.4) is 0 Å². The van der Waals surface area contributed by atoms with E-state index in [-0.39, 0.29) is 19.1 Å². The summed E-state index contributed by atoms with van der Waals surface area (Å²) in [5.41, 5.74) is 6.95. The predicted molar refractivity (Wildman–Crippen MR) is 79.5 cm³/mol. The van der Waals surface area contributed by atoms with E-state index in [1.807, 2.05) is 12.1 Å². The van der Waals surface area contributed by atoms with E-state index in [4.69, 9.17) is 10.5 Å². The van der Waals surface area contributed by atoms with Crippen molar-refractivity contribution >= 4 is 23.3 Å². The van der Waals surface area contributed by atoms with Crippen LogP contribution in [0.5, 0.6) is 0 Å². The number of benzene rings is 1. The molecule has 0 aliphatic carbocycles. The second-order valence-electron chi connectivity index (χ2n) is 5.37. The third kappa shape index (κ3) is 2.89. The molecular weight excluding hydrogens is 270 g/mol. The SMILES string of the molecule is CCOC(=O)CN1N=C(c2cccc(N)c2)C(C)(C)C1=O. The third-order valence-electron chi connectivity index (χ3n) is 3.33. The largest absolute Gasteiger partial charge is 0.465 e. The van der Waals surface area contributed by atoms with E-state index >= 15 is 0 Å². The van der Waals surface area contributed by atoms with Crippen LogP contribution in [0.2, 0.25) is 0 Å². The molecule has 112 valence electrons. The van der Waals surface area contributed by atoms with E-state index in [1.165, 1.54) is 0 Å². The minimum atomic E-state index is -0.805. The molecule has 1 aromatic rings. The van der Waals surface area contributed by atoms with Crippen LogP contribution in [0.1, 0.15) is 26.3 Å². The first-order valence-electron chi connectivity index (χ1n) is 6.79. The first-order chi connectivity index (χ1) is 9.86. The van der Waals surface area contributed by atoms with Gasteiger partial charge in [-0.2, -0.15) is 5.10 Å². The molecule has 6 nitrogen and oxygen atoms in total. The number of amides is 1. The van der Waals surface area contributed by atoms with Crippen LogP contribution in [0.15, 0.2) is 29.4 Å². The van der Waals surface area contributed by atoms with Gasteiger partial charge in [0.2, 0.25) is 0 Å². The van der Waals surface area contributed by atoms with Gasteiger partial charge in [0, 0.05) is 11.3 Å². The van der Waals surface area contributed by atoms with E-state index < -0.39 is 11.4 Å². The molecule has 0 unspecified atom stereocenters. The van der Waals surface area contributed by atoms with Gasteiger partial charge in [0.25, 0.3) is 5.91 Å². The molecule has 0 bridgehead atoms. The molecule has 1 aromatic carbocycles. The van der Waals surface area contributed by atoms with E-state index in [0.717, 1.165) is 10.6 Å². The minimum absolute atomic E-state index is 0.179. The summed E-state index contributed by atoms with van der Waals surface area (Å²) in [7, 11) is 0. The van der Waals surface area contributed by atoms with Gasteiger partial charge in [-0.15, -0.1) is 0 Å². The van der Waals surface area contributed by atoms with Crippen LogP contribution in [0.25, 0.3) is 0 Å². The molecule has 6 heteroatoms. The number of nitrogens with two attached hydrogens (primary N) is 1. The maximum Gasteiger partial charge on any atom is 0.327 e. The number of nitrogens with zero attached hydrogens (tertiary/aromatic N) is 2. The summed E-state index contributed by atoms with van der Waals surface area (Å²) in [5, 5.41) is 5.46. The van der Waals surface area contributed by atoms with E-state index in [1.54, 1.807) is 32.9 Å². The number of esters is 1. The molecule has 0 fully saturated rings. The van der Waals surface area contributed by atoms with E-state index in [2.05, 4.69) is 5.10 Å². The number of nitrogen functional groups attached to an aromatic ring is 1. The van der Waals surface area contributed by atoms with Crippen LogP contribution in [0, 0.1) is 5.41 Å². The Morgan fingerprint density at radius 1 is 1.43 bits per heavy atom. The van der Waals surface area contributed by atoms with E-state index in [0.29, 0.717) is 11.4 Å². The fourth-order valence-corrected chi connectivity index (χ4v) is 2.26. The Bertz CT molecular complexity index is 608. The van der Waals surface area contributed by atoms with Gasteiger partial charge in [-0.25, -0.2) is 5.01 Å². The number of hydrogen-bond acceptors (Lipinski definition) is 5. The van der Waals surface area contributed by atoms with Gasteiger partial charge in [-0.1, -0.05) is 12.1 Å². The molecule has 1 amide bonds. The smallest absolute Gasteiger partial charge is 0.327 e. The highest BCUT2D eigenvalue weighted by Gasteiger charge is 2.44. The van der Waals surface area contributed by atoms with Crippen molar-refractivity contribution in [3.05, 3.63) is 29.8 Å². The number of ether oxygens (including phenoxy) is 1. The average Bonchev–Trinajstić information content (AvgIpc) is 2.63. The maximum atomic E-state index is 12.4. The number of hydrogen-bond donors (Lipinski definition) is 1. The molecule has 0 saturated heterocycles. The van der Waals surface area contributed by atoms with Crippen molar-refractivity contribution in [3.8, 4) is 0 Å². The Kier molecular flexibility index (Phi) is 3.97. The Morgan fingerprint density at radius 2 is 2.14 bits per heavy atom. The summed E-state index contributed by atoms with van der Waals surface area (Å²) >= 11 is 0. The summed E-state index contributed by atoms with van der Waals surface area (Å²) < 4.78 is 4.86. The van der Waals surface area contributed by atoms with Gasteiger partial charge in [0.1, 0.15) is 6.54 Å². The second-order valence-corrected chi connectivity index (χ2v) is 5.37. The molecule has 2 rings (SSSR count). The number of hydrazone groups is 1. The van der Waals surface area contributed by atoms with Crippen molar-refractivity contribution in [2.45, 2.75) is 20.8 Å². The summed E-state index contributed by atoms with van der Waals surface area (Å²) in [6.45, 7) is 5.37. The fourth-order valence-electron chi connectivity index (χ4n) is 2.26. The van der Waals surface area contributed by atoms with Crippen molar-refractivity contribution < 1.29 is 14.3 Å². The second kappa shape index (κ2) is 5.55. The molecule has 0 atom stereocenters. The lowest BCUT2D eigenvalue weighted by atomic mass is 9.83. The highest BCUT2D eigenvalue weighted by Crippen LogP contribution is 2.32. The van der Waals surface area contributed by atoms with Gasteiger partial charge in [0.15, 0.2) is 0 Å². The van der Waals surface area contributed by atoms with Crippen LogP contribution in [-0.4, -0.2) is 35.7 Å². The summed E-state index contributed by atoms with van der Waals surface area (Å²) in [6.07, 6.45) is 0. The number of anilines is 1. The van der Waals surface area contributed by atoms with E-state index in [9.17, 15) is 9.59 Å². The predicted octanol–water partition coefficient (Wildman–Crippen LogP) is 1.40. The van der Waals surface area contributed by atoms with Gasteiger partial charge in [-0.3, -0.25) is 9.59 Å². The fraction of sp³-hybridized carbons (Fsp3) is 0.400. The van der Waals surface area contributed by atoms with Crippen LogP contribution in [0.4, 0.5) is 5.69 Å². The first-order valence-corrected chi connectivity index (χ1v) is 6.79. The molecule has 2 N–H and O–H groups in total. The monoisotopic (exact) mass is 289 g/mol. The third-order valence-corrected chi connectivity index (χ3v) is 3.33. The molecule has 0 radical (unpaired) electrons. The number of carbonyl (C=O) groups excluding carboxylic acids is 2. The lowest BCUT2D eigenvalue weighted by Gasteiger charge is -2.19. The zero-order chi connectivity index (χ0) is 15.6. The van der Waals surface area contributed by atoms with Crippen LogP contribution in [-0.2, 0) is 14.3 Å². The Morgan fingerprint density at radius 3 is 2.76 bits per heavy atom. The maximum absolute atomic E-state index is 12.4. The minimum Gasteiger partial charge on any atom is -0.465 e. The Labute approximate surface area is 123 Å². The Hall–Kier alpha value is -2.37. The normalized spacial score (nSPS) is 16.8. The highest BCUT2D eigenvalue weighted by atomic mass is 16.5. The van der Waals surface area contributed by atoms with Crippen molar-refractivity contribution in [2.75, 3.05) is 18.9 Å². The molecule has 0 spiro atoms. The van der Waals surface area contributed by atoms with Crippen molar-refractivity contribution in [1.82, 2.24) is 5.01 Å². The first kappa shape index (κ1) is 15.0. The average molecular weight is 289 g/mol. The number of carbonyl (C=O) groups is 2. The molecule has 1 aliphatic heterocycles. The molecule has 1 heterocycles. The standard InChI is InChI=1S/C15H19N3O3/c1-4-21-12(19)9-18-14(20)15(2,3)13(17-18)10-6-5-7-11(16)8-10/h5-8H,4,9,16H2,1-3H3. The zero-order valence-electron chi connectivity index (χ0n) is 12.4. The van der Waals surface area contributed by atoms with Gasteiger partial charge >= 0.3 is 5.97 Å². The van der Waals surface area contributed by atoms with Gasteiger partial charge < -0.3 is 10.5 Å².